The summed E-state index contributed by atoms with van der Waals surface area (Å²) >= 11 is 0. The first kappa shape index (κ1) is 7.53. The standard InChI is InChI=1S/C8H16N2O/c1-10-4-5-11-8-6-9-3-2-7(8)10/h7-9H,2-6H2,1H3/t7-,8-/m0/s1. The molecule has 0 amide bonds. The van der Waals surface area contributed by atoms with Crippen molar-refractivity contribution in [2.45, 2.75) is 18.6 Å². The summed E-state index contributed by atoms with van der Waals surface area (Å²) in [5.74, 6) is 0. The molecular formula is C8H16N2O. The van der Waals surface area contributed by atoms with E-state index in [-0.39, 0.29) is 0 Å². The monoisotopic (exact) mass is 156 g/mol. The zero-order chi connectivity index (χ0) is 7.68. The molecule has 1 N–H and O–H groups in total. The maximum atomic E-state index is 5.65. The van der Waals surface area contributed by atoms with Crippen molar-refractivity contribution in [3.8, 4) is 0 Å². The molecule has 2 atom stereocenters. The van der Waals surface area contributed by atoms with Crippen LogP contribution < -0.4 is 5.32 Å². The summed E-state index contributed by atoms with van der Waals surface area (Å²) in [5.41, 5.74) is 0. The molecule has 0 aromatic heterocycles. The van der Waals surface area contributed by atoms with Gasteiger partial charge in [-0.3, -0.25) is 4.90 Å². The Kier molecular flexibility index (Phi) is 2.11. The van der Waals surface area contributed by atoms with E-state index in [9.17, 15) is 0 Å². The zero-order valence-corrected chi connectivity index (χ0v) is 7.05. The molecule has 0 aliphatic carbocycles. The number of morpholine rings is 1. The van der Waals surface area contributed by atoms with Crippen LogP contribution in [0.3, 0.4) is 0 Å². The number of nitrogens with zero attached hydrogens (tertiary/aromatic N) is 1. The van der Waals surface area contributed by atoms with Gasteiger partial charge < -0.3 is 10.1 Å². The van der Waals surface area contributed by atoms with E-state index in [1.807, 2.05) is 0 Å². The van der Waals surface area contributed by atoms with Gasteiger partial charge in [-0.1, -0.05) is 0 Å². The molecule has 2 aliphatic rings. The third-order valence-electron chi connectivity index (χ3n) is 2.73. The number of likely N-dealkylation sites (N-methyl/N-ethyl adjacent to an activating group) is 1. The summed E-state index contributed by atoms with van der Waals surface area (Å²) in [5, 5.41) is 3.35. The Hall–Kier alpha value is -0.120. The van der Waals surface area contributed by atoms with Crippen LogP contribution in [0.25, 0.3) is 0 Å². The van der Waals surface area contributed by atoms with E-state index in [0.717, 1.165) is 26.2 Å². The van der Waals surface area contributed by atoms with Crippen molar-refractivity contribution in [1.29, 1.82) is 0 Å². The minimum absolute atomic E-state index is 0.447. The normalized spacial score (nSPS) is 40.1. The van der Waals surface area contributed by atoms with Crippen LogP contribution in [0.4, 0.5) is 0 Å². The van der Waals surface area contributed by atoms with E-state index < -0.39 is 0 Å². The molecule has 0 spiro atoms. The summed E-state index contributed by atoms with van der Waals surface area (Å²) in [6, 6.07) is 0.671. The second-order valence-corrected chi connectivity index (χ2v) is 3.45. The average molecular weight is 156 g/mol. The predicted octanol–water partition coefficient (Wildman–Crippen LogP) is -0.321. The van der Waals surface area contributed by atoms with Gasteiger partial charge in [0, 0.05) is 19.1 Å². The van der Waals surface area contributed by atoms with Crippen LogP contribution in [-0.4, -0.2) is 50.3 Å². The van der Waals surface area contributed by atoms with Gasteiger partial charge in [0.2, 0.25) is 0 Å². The van der Waals surface area contributed by atoms with E-state index in [2.05, 4.69) is 17.3 Å². The summed E-state index contributed by atoms with van der Waals surface area (Å²) in [6.45, 7) is 4.18. The third kappa shape index (κ3) is 1.41. The average Bonchev–Trinajstić information content (AvgIpc) is 2.06. The Balaban J connectivity index is 1.99. The third-order valence-corrected chi connectivity index (χ3v) is 2.73. The van der Waals surface area contributed by atoms with Crippen LogP contribution in [0.5, 0.6) is 0 Å². The number of hydrogen-bond donors (Lipinski definition) is 1. The van der Waals surface area contributed by atoms with Crippen LogP contribution in [0.2, 0.25) is 0 Å². The fourth-order valence-corrected chi connectivity index (χ4v) is 2.00. The first-order valence-electron chi connectivity index (χ1n) is 4.40. The SMILES string of the molecule is CN1CCO[C@H]2CNCC[C@@H]21. The fraction of sp³-hybridized carbons (Fsp3) is 1.00. The van der Waals surface area contributed by atoms with Gasteiger partial charge in [-0.15, -0.1) is 0 Å². The molecule has 2 fully saturated rings. The van der Waals surface area contributed by atoms with Crippen molar-refractivity contribution < 1.29 is 4.74 Å². The smallest absolute Gasteiger partial charge is 0.0855 e. The minimum Gasteiger partial charge on any atom is -0.374 e. The second-order valence-electron chi connectivity index (χ2n) is 3.45. The summed E-state index contributed by atoms with van der Waals surface area (Å²) in [7, 11) is 2.20. The highest BCUT2D eigenvalue weighted by atomic mass is 16.5. The molecule has 2 aliphatic heterocycles. The van der Waals surface area contributed by atoms with E-state index >= 15 is 0 Å². The molecule has 2 saturated heterocycles. The number of piperidine rings is 1. The quantitative estimate of drug-likeness (QED) is 0.520. The lowest BCUT2D eigenvalue weighted by molar-refractivity contribution is -0.0716. The lowest BCUT2D eigenvalue weighted by atomic mass is 10.0. The largest absolute Gasteiger partial charge is 0.374 e. The van der Waals surface area contributed by atoms with Crippen molar-refractivity contribution in [1.82, 2.24) is 10.2 Å². The minimum atomic E-state index is 0.447. The molecule has 0 aromatic rings. The second kappa shape index (κ2) is 3.09. The van der Waals surface area contributed by atoms with Crippen molar-refractivity contribution in [3.63, 3.8) is 0 Å². The van der Waals surface area contributed by atoms with Gasteiger partial charge in [0.05, 0.1) is 12.7 Å². The van der Waals surface area contributed by atoms with Gasteiger partial charge >= 0.3 is 0 Å². The molecule has 0 saturated carbocycles. The Labute approximate surface area is 67.7 Å². The Morgan fingerprint density at radius 3 is 3.27 bits per heavy atom. The van der Waals surface area contributed by atoms with Crippen LogP contribution in [-0.2, 0) is 4.74 Å². The lowest BCUT2D eigenvalue weighted by Crippen LogP contribution is -2.57. The van der Waals surface area contributed by atoms with Gasteiger partial charge in [-0.25, -0.2) is 0 Å². The number of rotatable bonds is 0. The number of ether oxygens (including phenoxy) is 1. The van der Waals surface area contributed by atoms with E-state index in [0.29, 0.717) is 12.1 Å². The van der Waals surface area contributed by atoms with Crippen molar-refractivity contribution in [3.05, 3.63) is 0 Å². The Bertz CT molecular complexity index is 138. The van der Waals surface area contributed by atoms with Crippen molar-refractivity contribution in [2.75, 3.05) is 33.3 Å². The molecular weight excluding hydrogens is 140 g/mol. The van der Waals surface area contributed by atoms with E-state index in [4.69, 9.17) is 4.74 Å². The van der Waals surface area contributed by atoms with E-state index in [1.165, 1.54) is 6.42 Å². The molecule has 3 heteroatoms. The van der Waals surface area contributed by atoms with Gasteiger partial charge in [0.15, 0.2) is 0 Å². The molecule has 0 radical (unpaired) electrons. The number of nitrogens with one attached hydrogen (secondary N) is 1. The highest BCUT2D eigenvalue weighted by Crippen LogP contribution is 2.17. The Morgan fingerprint density at radius 2 is 2.45 bits per heavy atom. The number of fused-ring (bicyclic) bond motifs is 1. The molecule has 3 nitrogen and oxygen atoms in total. The van der Waals surface area contributed by atoms with Gasteiger partial charge in [0.25, 0.3) is 0 Å². The predicted molar refractivity (Wildman–Crippen MR) is 43.6 cm³/mol. The molecule has 64 valence electrons. The highest BCUT2D eigenvalue weighted by molar-refractivity contribution is 4.87. The van der Waals surface area contributed by atoms with Gasteiger partial charge in [-0.2, -0.15) is 0 Å². The van der Waals surface area contributed by atoms with Crippen LogP contribution in [0, 0.1) is 0 Å². The maximum absolute atomic E-state index is 5.65. The highest BCUT2D eigenvalue weighted by Gasteiger charge is 2.31. The first-order chi connectivity index (χ1) is 5.38. The Morgan fingerprint density at radius 1 is 1.55 bits per heavy atom. The fourth-order valence-electron chi connectivity index (χ4n) is 2.00. The topological polar surface area (TPSA) is 24.5 Å². The lowest BCUT2D eigenvalue weighted by Gasteiger charge is -2.42. The van der Waals surface area contributed by atoms with Crippen molar-refractivity contribution >= 4 is 0 Å². The van der Waals surface area contributed by atoms with Crippen LogP contribution in [0.1, 0.15) is 6.42 Å². The molecule has 0 bridgehead atoms. The maximum Gasteiger partial charge on any atom is 0.0855 e. The molecule has 2 rings (SSSR count). The van der Waals surface area contributed by atoms with Gasteiger partial charge in [0.1, 0.15) is 0 Å². The molecule has 11 heavy (non-hydrogen) atoms. The summed E-state index contributed by atoms with van der Waals surface area (Å²) < 4.78 is 5.65. The first-order valence-corrected chi connectivity index (χ1v) is 4.40. The molecule has 0 unspecified atom stereocenters. The zero-order valence-electron chi connectivity index (χ0n) is 7.05. The van der Waals surface area contributed by atoms with E-state index in [1.54, 1.807) is 0 Å². The number of hydrogen-bond acceptors (Lipinski definition) is 3. The van der Waals surface area contributed by atoms with Gasteiger partial charge in [-0.05, 0) is 20.0 Å². The molecule has 2 heterocycles. The summed E-state index contributed by atoms with van der Waals surface area (Å²) in [4.78, 5) is 2.43. The van der Waals surface area contributed by atoms with Crippen molar-refractivity contribution in [2.24, 2.45) is 0 Å². The van der Waals surface area contributed by atoms with Crippen LogP contribution in [0.15, 0.2) is 0 Å². The molecule has 0 aromatic carbocycles. The van der Waals surface area contributed by atoms with Crippen LogP contribution >= 0.6 is 0 Å². The summed E-state index contributed by atoms with van der Waals surface area (Å²) in [6.07, 6.45) is 1.68.